The third-order valence-corrected chi connectivity index (χ3v) is 3.41. The summed E-state index contributed by atoms with van der Waals surface area (Å²) in [5.74, 6) is 0. The molecule has 2 aliphatic rings. The zero-order valence-electron chi connectivity index (χ0n) is 8.23. The van der Waals surface area contributed by atoms with Crippen LogP contribution in [0.5, 0.6) is 0 Å². The van der Waals surface area contributed by atoms with Crippen molar-refractivity contribution in [2.24, 2.45) is 10.6 Å². The Morgan fingerprint density at radius 2 is 2.00 bits per heavy atom. The second kappa shape index (κ2) is 2.59. The van der Waals surface area contributed by atoms with E-state index < -0.39 is 0 Å². The zero-order chi connectivity index (χ0) is 9.60. The predicted molar refractivity (Wildman–Crippen MR) is 55.0 cm³/mol. The highest BCUT2D eigenvalue weighted by molar-refractivity contribution is 5.91. The fourth-order valence-corrected chi connectivity index (χ4v) is 2.28. The maximum Gasteiger partial charge on any atom is 0.163 e. The lowest BCUT2D eigenvalue weighted by Crippen LogP contribution is -2.16. The number of nitrogens with zero attached hydrogens (tertiary/aromatic N) is 1. The van der Waals surface area contributed by atoms with Gasteiger partial charge in [-0.15, -0.1) is 0 Å². The van der Waals surface area contributed by atoms with Gasteiger partial charge in [0, 0.05) is 0 Å². The number of hydrogen-bond acceptors (Lipinski definition) is 2. The highest BCUT2D eigenvalue weighted by Gasteiger charge is 2.57. The van der Waals surface area contributed by atoms with Crippen molar-refractivity contribution in [1.29, 1.82) is 0 Å². The normalized spacial score (nSPS) is 27.2. The minimum Gasteiger partial charge on any atom is -0.387 e. The van der Waals surface area contributed by atoms with Crippen LogP contribution in [-0.4, -0.2) is 5.71 Å². The quantitative estimate of drug-likeness (QED) is 0.662. The van der Waals surface area contributed by atoms with Gasteiger partial charge in [-0.1, -0.05) is 35.5 Å². The summed E-state index contributed by atoms with van der Waals surface area (Å²) in [6.45, 7) is 2.08. The Hall–Kier alpha value is -1.31. The molecule has 0 radical (unpaired) electrons. The van der Waals surface area contributed by atoms with Gasteiger partial charge in [0.15, 0.2) is 6.10 Å². The molecule has 1 unspecified atom stereocenters. The van der Waals surface area contributed by atoms with Gasteiger partial charge in [-0.2, -0.15) is 0 Å². The molecule has 3 rings (SSSR count). The fourth-order valence-electron chi connectivity index (χ4n) is 2.28. The summed E-state index contributed by atoms with van der Waals surface area (Å²) in [6, 6.07) is 10.4. The van der Waals surface area contributed by atoms with Gasteiger partial charge < -0.3 is 4.84 Å². The standard InChI is InChI=1S/C12H13NO/c1-9-12(7-8-12)11(14-13-9)10-5-3-2-4-6-10/h2-6,11H,7-8H2,1H3. The van der Waals surface area contributed by atoms with Crippen LogP contribution >= 0.6 is 0 Å². The van der Waals surface area contributed by atoms with Gasteiger partial charge in [0.05, 0.1) is 11.1 Å². The van der Waals surface area contributed by atoms with Crippen molar-refractivity contribution >= 4 is 5.71 Å². The lowest BCUT2D eigenvalue weighted by Gasteiger charge is -2.16. The van der Waals surface area contributed by atoms with Crippen molar-refractivity contribution < 1.29 is 4.84 Å². The average molecular weight is 187 g/mol. The van der Waals surface area contributed by atoms with E-state index in [4.69, 9.17) is 4.84 Å². The SMILES string of the molecule is CC1=NOC(c2ccccc2)C12CC2. The van der Waals surface area contributed by atoms with Gasteiger partial charge in [0.1, 0.15) is 0 Å². The molecule has 1 saturated carbocycles. The first-order valence-corrected chi connectivity index (χ1v) is 5.09. The Morgan fingerprint density at radius 3 is 2.64 bits per heavy atom. The molecular formula is C12H13NO. The first kappa shape index (κ1) is 8.04. The van der Waals surface area contributed by atoms with E-state index in [0.717, 1.165) is 0 Å². The molecule has 1 fully saturated rings. The molecule has 2 heteroatoms. The summed E-state index contributed by atoms with van der Waals surface area (Å²) in [4.78, 5) is 5.52. The highest BCUT2D eigenvalue weighted by Crippen LogP contribution is 2.60. The number of hydrogen-bond donors (Lipinski definition) is 0. The average Bonchev–Trinajstić information content (AvgIpc) is 2.94. The number of rotatable bonds is 1. The van der Waals surface area contributed by atoms with Gasteiger partial charge >= 0.3 is 0 Å². The Morgan fingerprint density at radius 1 is 1.29 bits per heavy atom. The van der Waals surface area contributed by atoms with E-state index in [1.807, 2.05) is 6.07 Å². The second-order valence-electron chi connectivity index (χ2n) is 4.23. The van der Waals surface area contributed by atoms with Crippen molar-refractivity contribution in [3.8, 4) is 0 Å². The Labute approximate surface area is 83.6 Å². The molecule has 0 amide bonds. The monoisotopic (exact) mass is 187 g/mol. The van der Waals surface area contributed by atoms with Gasteiger partial charge in [-0.05, 0) is 25.3 Å². The summed E-state index contributed by atoms with van der Waals surface area (Å²) in [5.41, 5.74) is 2.68. The molecule has 0 aromatic heterocycles. The fraction of sp³-hybridized carbons (Fsp3) is 0.417. The molecule has 2 nitrogen and oxygen atoms in total. The van der Waals surface area contributed by atoms with Crippen LogP contribution in [0.15, 0.2) is 35.5 Å². The van der Waals surface area contributed by atoms with Crippen LogP contribution in [0.2, 0.25) is 0 Å². The highest BCUT2D eigenvalue weighted by atomic mass is 16.6. The van der Waals surface area contributed by atoms with Crippen LogP contribution in [0.25, 0.3) is 0 Å². The Bertz CT molecular complexity index is 379. The summed E-state index contributed by atoms with van der Waals surface area (Å²) in [6.07, 6.45) is 2.62. The molecule has 1 aliphatic carbocycles. The number of benzene rings is 1. The molecule has 72 valence electrons. The lowest BCUT2D eigenvalue weighted by atomic mass is 9.90. The van der Waals surface area contributed by atoms with E-state index in [0.29, 0.717) is 0 Å². The summed E-state index contributed by atoms with van der Waals surface area (Å²) < 4.78 is 0. The van der Waals surface area contributed by atoms with Gasteiger partial charge in [-0.25, -0.2) is 0 Å². The van der Waals surface area contributed by atoms with E-state index >= 15 is 0 Å². The van der Waals surface area contributed by atoms with Gasteiger partial charge in [-0.3, -0.25) is 0 Å². The van der Waals surface area contributed by atoms with Crippen molar-refractivity contribution in [3.63, 3.8) is 0 Å². The van der Waals surface area contributed by atoms with Gasteiger partial charge in [0.25, 0.3) is 0 Å². The van der Waals surface area contributed by atoms with E-state index in [-0.39, 0.29) is 11.5 Å². The maximum atomic E-state index is 5.52. The minimum absolute atomic E-state index is 0.170. The summed E-state index contributed by atoms with van der Waals surface area (Å²) in [7, 11) is 0. The van der Waals surface area contributed by atoms with Crippen molar-refractivity contribution in [3.05, 3.63) is 35.9 Å². The summed E-state index contributed by atoms with van der Waals surface area (Å²) in [5, 5.41) is 4.13. The molecule has 1 aromatic rings. The molecule has 1 spiro atoms. The molecule has 1 atom stereocenters. The van der Waals surface area contributed by atoms with Crippen LogP contribution in [0.4, 0.5) is 0 Å². The molecule has 14 heavy (non-hydrogen) atoms. The van der Waals surface area contributed by atoms with Crippen molar-refractivity contribution in [2.75, 3.05) is 0 Å². The number of oxime groups is 1. The first-order valence-electron chi connectivity index (χ1n) is 5.09. The molecule has 0 bridgehead atoms. The summed E-state index contributed by atoms with van der Waals surface area (Å²) >= 11 is 0. The Balaban J connectivity index is 1.96. The minimum atomic E-state index is 0.170. The maximum absolute atomic E-state index is 5.52. The molecule has 0 N–H and O–H groups in total. The van der Waals surface area contributed by atoms with Crippen LogP contribution in [0.1, 0.15) is 31.4 Å². The predicted octanol–water partition coefficient (Wildman–Crippen LogP) is 2.91. The van der Waals surface area contributed by atoms with Crippen LogP contribution in [0.3, 0.4) is 0 Å². The second-order valence-corrected chi connectivity index (χ2v) is 4.23. The smallest absolute Gasteiger partial charge is 0.163 e. The topological polar surface area (TPSA) is 21.6 Å². The molecule has 0 saturated heterocycles. The van der Waals surface area contributed by atoms with E-state index in [1.54, 1.807) is 0 Å². The third kappa shape index (κ3) is 0.939. The van der Waals surface area contributed by atoms with Crippen LogP contribution in [0, 0.1) is 5.41 Å². The van der Waals surface area contributed by atoms with Crippen LogP contribution in [-0.2, 0) is 4.84 Å². The largest absolute Gasteiger partial charge is 0.387 e. The zero-order valence-corrected chi connectivity index (χ0v) is 8.23. The molecule has 1 aromatic carbocycles. The van der Waals surface area contributed by atoms with Crippen molar-refractivity contribution in [1.82, 2.24) is 0 Å². The Kier molecular flexibility index (Phi) is 1.49. The van der Waals surface area contributed by atoms with E-state index in [9.17, 15) is 0 Å². The van der Waals surface area contributed by atoms with E-state index in [2.05, 4.69) is 36.3 Å². The molecular weight excluding hydrogens is 174 g/mol. The molecule has 1 heterocycles. The third-order valence-electron chi connectivity index (χ3n) is 3.41. The molecule has 1 aliphatic heterocycles. The first-order chi connectivity index (χ1) is 6.83. The van der Waals surface area contributed by atoms with Crippen molar-refractivity contribution in [2.45, 2.75) is 25.9 Å². The van der Waals surface area contributed by atoms with Gasteiger partial charge in [0.2, 0.25) is 0 Å². The van der Waals surface area contributed by atoms with E-state index in [1.165, 1.54) is 24.1 Å². The van der Waals surface area contributed by atoms with Crippen LogP contribution < -0.4 is 0 Å². The lowest BCUT2D eigenvalue weighted by molar-refractivity contribution is 0.0547.